The first-order valence-electron chi connectivity index (χ1n) is 10.4. The van der Waals surface area contributed by atoms with Gasteiger partial charge in [0, 0.05) is 12.4 Å². The zero-order valence-corrected chi connectivity index (χ0v) is 19.1. The number of hydrogen-bond acceptors (Lipinski definition) is 6. The first-order chi connectivity index (χ1) is 16.0. The molecule has 2 aromatic carbocycles. The van der Waals surface area contributed by atoms with Crippen LogP contribution in [-0.2, 0) is 22.4 Å². The van der Waals surface area contributed by atoms with Crippen molar-refractivity contribution in [2.24, 2.45) is 0 Å². The van der Waals surface area contributed by atoms with E-state index in [0.717, 1.165) is 22.3 Å². The molecule has 4 rings (SSSR count). The molecule has 0 spiro atoms. The van der Waals surface area contributed by atoms with Gasteiger partial charge in [-0.2, -0.15) is 0 Å². The highest BCUT2D eigenvalue weighted by atomic mass is 16.5. The second-order valence-corrected chi connectivity index (χ2v) is 7.67. The van der Waals surface area contributed by atoms with Gasteiger partial charge in [0.15, 0.2) is 23.0 Å². The van der Waals surface area contributed by atoms with Crippen molar-refractivity contribution in [3.63, 3.8) is 0 Å². The van der Waals surface area contributed by atoms with E-state index >= 15 is 0 Å². The fourth-order valence-electron chi connectivity index (χ4n) is 3.94. The van der Waals surface area contributed by atoms with Gasteiger partial charge in [-0.1, -0.05) is 0 Å². The molecule has 2 aliphatic rings. The molecule has 0 bridgehead atoms. The second kappa shape index (κ2) is 9.28. The third-order valence-electron chi connectivity index (χ3n) is 5.79. The molecule has 0 saturated heterocycles. The Bertz CT molecular complexity index is 1060. The van der Waals surface area contributed by atoms with Crippen LogP contribution >= 0.6 is 0 Å². The van der Waals surface area contributed by atoms with E-state index in [1.165, 1.54) is 0 Å². The Kier molecular flexibility index (Phi) is 6.26. The predicted molar refractivity (Wildman–Crippen MR) is 123 cm³/mol. The Morgan fingerprint density at radius 3 is 1.36 bits per heavy atom. The molecule has 0 radical (unpaired) electrons. The summed E-state index contributed by atoms with van der Waals surface area (Å²) in [6, 6.07) is 7.31. The van der Waals surface area contributed by atoms with Gasteiger partial charge in [-0.15, -0.1) is 0 Å². The average Bonchev–Trinajstić information content (AvgIpc) is 3.07. The third kappa shape index (κ3) is 4.37. The molecule has 0 fully saturated rings. The topological polar surface area (TPSA) is 77.5 Å². The van der Waals surface area contributed by atoms with Crippen molar-refractivity contribution in [2.45, 2.75) is 12.8 Å². The number of ether oxygens (including phenoxy) is 4. The number of methoxy groups -OCH3 is 4. The highest BCUT2D eigenvalue weighted by molar-refractivity contribution is 5.87. The zero-order valence-electron chi connectivity index (χ0n) is 19.1. The quantitative estimate of drug-likeness (QED) is 0.673. The van der Waals surface area contributed by atoms with Crippen LogP contribution in [-0.4, -0.2) is 56.7 Å². The van der Waals surface area contributed by atoms with Crippen LogP contribution in [0.15, 0.2) is 36.7 Å². The minimum atomic E-state index is -0.122. The number of carbonyl (C=O) groups is 2. The maximum atomic E-state index is 13.0. The standard InChI is InChI=1S/C25H26N2O6/c1-30-20-9-16-5-7-26(24(28)13-18(16)11-22(20)32-3)15-27-8-6-17-10-21(31-2)23(33-4)12-19(17)14-25(27)29/h5-12H,13-15H2,1-4H3. The Balaban J connectivity index is 1.56. The van der Waals surface area contributed by atoms with Crippen LogP contribution in [0.5, 0.6) is 23.0 Å². The van der Waals surface area contributed by atoms with E-state index in [-0.39, 0.29) is 31.3 Å². The van der Waals surface area contributed by atoms with Crippen molar-refractivity contribution in [1.29, 1.82) is 0 Å². The van der Waals surface area contributed by atoms with Gasteiger partial charge in [-0.3, -0.25) is 9.59 Å². The number of fused-ring (bicyclic) bond motifs is 2. The smallest absolute Gasteiger partial charge is 0.232 e. The van der Waals surface area contributed by atoms with Gasteiger partial charge in [-0.05, 0) is 58.7 Å². The molecule has 0 aromatic heterocycles. The molecule has 0 aliphatic carbocycles. The van der Waals surface area contributed by atoms with E-state index in [1.807, 2.05) is 36.4 Å². The van der Waals surface area contributed by atoms with Crippen molar-refractivity contribution < 1.29 is 28.5 Å². The van der Waals surface area contributed by atoms with Gasteiger partial charge < -0.3 is 28.7 Å². The maximum Gasteiger partial charge on any atom is 0.232 e. The second-order valence-electron chi connectivity index (χ2n) is 7.67. The molecule has 33 heavy (non-hydrogen) atoms. The summed E-state index contributed by atoms with van der Waals surface area (Å²) in [7, 11) is 6.27. The summed E-state index contributed by atoms with van der Waals surface area (Å²) < 4.78 is 21.5. The molecule has 8 heteroatoms. The fourth-order valence-corrected chi connectivity index (χ4v) is 3.94. The lowest BCUT2D eigenvalue weighted by molar-refractivity contribution is -0.134. The summed E-state index contributed by atoms with van der Waals surface area (Å²) in [6.07, 6.45) is 7.46. The number of rotatable bonds is 6. The minimum Gasteiger partial charge on any atom is -0.493 e. The van der Waals surface area contributed by atoms with Crippen molar-refractivity contribution in [3.05, 3.63) is 58.9 Å². The average molecular weight is 450 g/mol. The van der Waals surface area contributed by atoms with Gasteiger partial charge in [0.1, 0.15) is 6.67 Å². The van der Waals surface area contributed by atoms with Gasteiger partial charge in [-0.25, -0.2) is 0 Å². The van der Waals surface area contributed by atoms with Gasteiger partial charge in [0.05, 0.1) is 41.3 Å². The lowest BCUT2D eigenvalue weighted by Gasteiger charge is -2.25. The highest BCUT2D eigenvalue weighted by Crippen LogP contribution is 2.34. The van der Waals surface area contributed by atoms with Crippen molar-refractivity contribution in [1.82, 2.24) is 9.80 Å². The number of amides is 2. The summed E-state index contributed by atoms with van der Waals surface area (Å²) in [6.45, 7) is 0.106. The molecule has 2 heterocycles. The number of carbonyl (C=O) groups excluding carboxylic acids is 2. The Hall–Kier alpha value is -3.94. The first-order valence-corrected chi connectivity index (χ1v) is 10.4. The Morgan fingerprint density at radius 2 is 1.00 bits per heavy atom. The van der Waals surface area contributed by atoms with E-state index in [4.69, 9.17) is 18.9 Å². The summed E-state index contributed by atoms with van der Waals surface area (Å²) in [4.78, 5) is 29.1. The van der Waals surface area contributed by atoms with E-state index in [2.05, 4.69) is 0 Å². The lowest BCUT2D eigenvalue weighted by Crippen LogP contribution is -2.39. The molecule has 8 nitrogen and oxygen atoms in total. The van der Waals surface area contributed by atoms with Crippen LogP contribution in [0.2, 0.25) is 0 Å². The Morgan fingerprint density at radius 1 is 0.636 bits per heavy atom. The minimum absolute atomic E-state index is 0.106. The maximum absolute atomic E-state index is 13.0. The summed E-state index contributed by atoms with van der Waals surface area (Å²) in [5, 5.41) is 0. The monoisotopic (exact) mass is 450 g/mol. The molecule has 2 aliphatic heterocycles. The molecular weight excluding hydrogens is 424 g/mol. The normalized spacial score (nSPS) is 14.9. The zero-order chi connectivity index (χ0) is 23.5. The lowest BCUT2D eigenvalue weighted by atomic mass is 10.0. The third-order valence-corrected chi connectivity index (χ3v) is 5.79. The van der Waals surface area contributed by atoms with Crippen LogP contribution in [0.1, 0.15) is 22.3 Å². The first kappa shape index (κ1) is 22.3. The van der Waals surface area contributed by atoms with Gasteiger partial charge >= 0.3 is 0 Å². The molecule has 0 N–H and O–H groups in total. The van der Waals surface area contributed by atoms with Gasteiger partial charge in [0.25, 0.3) is 0 Å². The van der Waals surface area contributed by atoms with Crippen LogP contribution < -0.4 is 18.9 Å². The van der Waals surface area contributed by atoms with E-state index in [0.29, 0.717) is 23.0 Å². The summed E-state index contributed by atoms with van der Waals surface area (Å²) >= 11 is 0. The van der Waals surface area contributed by atoms with Crippen LogP contribution in [0.25, 0.3) is 12.2 Å². The predicted octanol–water partition coefficient (Wildman–Crippen LogP) is 3.09. The number of nitrogens with zero attached hydrogens (tertiary/aromatic N) is 2. The van der Waals surface area contributed by atoms with E-state index < -0.39 is 0 Å². The number of benzene rings is 2. The summed E-state index contributed by atoms with van der Waals surface area (Å²) in [5.41, 5.74) is 3.40. The van der Waals surface area contributed by atoms with E-state index in [1.54, 1.807) is 50.6 Å². The molecule has 0 unspecified atom stereocenters. The molecule has 0 atom stereocenters. The summed E-state index contributed by atoms with van der Waals surface area (Å²) in [5.74, 6) is 2.08. The molecule has 2 amide bonds. The van der Waals surface area contributed by atoms with Crippen molar-refractivity contribution in [2.75, 3.05) is 35.1 Å². The molecule has 0 saturated carbocycles. The molecular formula is C25H26N2O6. The van der Waals surface area contributed by atoms with Crippen LogP contribution in [0.4, 0.5) is 0 Å². The van der Waals surface area contributed by atoms with E-state index in [9.17, 15) is 9.59 Å². The fraction of sp³-hybridized carbons (Fsp3) is 0.280. The van der Waals surface area contributed by atoms with Crippen molar-refractivity contribution >= 4 is 24.0 Å². The largest absolute Gasteiger partial charge is 0.493 e. The molecule has 2 aromatic rings. The SMILES string of the molecule is COc1cc2c(cc1OC)CC(=O)N(CN1C=Cc3cc(OC)c(OC)cc3CC1=O)C=C2. The van der Waals surface area contributed by atoms with Gasteiger partial charge in [0.2, 0.25) is 11.8 Å². The highest BCUT2D eigenvalue weighted by Gasteiger charge is 2.25. The number of hydrogen-bond donors (Lipinski definition) is 0. The molecule has 172 valence electrons. The van der Waals surface area contributed by atoms with Crippen LogP contribution in [0.3, 0.4) is 0 Å². The van der Waals surface area contributed by atoms with Crippen LogP contribution in [0, 0.1) is 0 Å². The Labute approximate surface area is 192 Å². The van der Waals surface area contributed by atoms with Crippen molar-refractivity contribution in [3.8, 4) is 23.0 Å².